The summed E-state index contributed by atoms with van der Waals surface area (Å²) in [7, 11) is -0.963. The van der Waals surface area contributed by atoms with Crippen LogP contribution in [-0.4, -0.2) is 38.1 Å². The molecule has 7 heteroatoms. The third-order valence-corrected chi connectivity index (χ3v) is 3.30. The van der Waals surface area contributed by atoms with Gasteiger partial charge in [-0.3, -0.25) is 14.0 Å². The standard InChI is InChI=1S/C9H14N4O2S/c1-6(16(2)15)3-12-9(14)7-4-11-5-8(10)13-7/h4-6H,3H2,1-2H3,(H2,10,13)(H,12,14). The van der Waals surface area contributed by atoms with Crippen molar-refractivity contribution in [3.05, 3.63) is 18.1 Å². The average Bonchev–Trinajstić information content (AvgIpc) is 2.25. The van der Waals surface area contributed by atoms with Crippen molar-refractivity contribution in [3.8, 4) is 0 Å². The zero-order valence-electron chi connectivity index (χ0n) is 9.14. The number of hydrogen-bond donors (Lipinski definition) is 2. The summed E-state index contributed by atoms with van der Waals surface area (Å²) in [6, 6.07) is 0. The molecule has 3 N–H and O–H groups in total. The van der Waals surface area contributed by atoms with Gasteiger partial charge in [-0.1, -0.05) is 0 Å². The highest BCUT2D eigenvalue weighted by molar-refractivity contribution is 7.84. The molecule has 0 aliphatic heterocycles. The molecule has 0 fully saturated rings. The molecule has 6 nitrogen and oxygen atoms in total. The van der Waals surface area contributed by atoms with Crippen molar-refractivity contribution in [2.45, 2.75) is 12.2 Å². The molecule has 1 rings (SSSR count). The van der Waals surface area contributed by atoms with Crippen LogP contribution in [0.3, 0.4) is 0 Å². The number of nitrogens with one attached hydrogen (secondary N) is 1. The Labute approximate surface area is 96.1 Å². The van der Waals surface area contributed by atoms with E-state index in [1.54, 1.807) is 13.2 Å². The second kappa shape index (κ2) is 5.55. The minimum atomic E-state index is -0.963. The fourth-order valence-electron chi connectivity index (χ4n) is 0.935. The molecule has 1 aromatic heterocycles. The van der Waals surface area contributed by atoms with Gasteiger partial charge >= 0.3 is 0 Å². The smallest absolute Gasteiger partial charge is 0.271 e. The number of hydrogen-bond acceptors (Lipinski definition) is 5. The molecule has 2 atom stereocenters. The summed E-state index contributed by atoms with van der Waals surface area (Å²) in [5.74, 6) is -0.170. The Hall–Kier alpha value is -1.50. The number of amides is 1. The van der Waals surface area contributed by atoms with Gasteiger partial charge in [0.1, 0.15) is 11.5 Å². The summed E-state index contributed by atoms with van der Waals surface area (Å²) in [5, 5.41) is 2.52. The highest BCUT2D eigenvalue weighted by atomic mass is 32.2. The number of nitrogen functional groups attached to an aromatic ring is 1. The number of nitrogens with two attached hydrogens (primary N) is 1. The van der Waals surface area contributed by atoms with Gasteiger partial charge in [0.05, 0.1) is 12.4 Å². The predicted octanol–water partition coefficient (Wildman–Crippen LogP) is -0.444. The normalized spacial score (nSPS) is 14.1. The van der Waals surface area contributed by atoms with Gasteiger partial charge in [0.15, 0.2) is 0 Å². The van der Waals surface area contributed by atoms with E-state index in [0.717, 1.165) is 0 Å². The van der Waals surface area contributed by atoms with Crippen LogP contribution >= 0.6 is 0 Å². The van der Waals surface area contributed by atoms with Crippen LogP contribution in [0.15, 0.2) is 12.4 Å². The van der Waals surface area contributed by atoms with Crippen LogP contribution in [-0.2, 0) is 10.8 Å². The third-order valence-electron chi connectivity index (χ3n) is 2.00. The number of nitrogens with zero attached hydrogens (tertiary/aromatic N) is 2. The lowest BCUT2D eigenvalue weighted by Gasteiger charge is -2.09. The van der Waals surface area contributed by atoms with Gasteiger partial charge in [0.2, 0.25) is 0 Å². The van der Waals surface area contributed by atoms with E-state index in [0.29, 0.717) is 6.54 Å². The molecule has 0 aliphatic carbocycles. The number of anilines is 1. The molecule has 0 radical (unpaired) electrons. The Kier molecular flexibility index (Phi) is 4.36. The monoisotopic (exact) mass is 242 g/mol. The van der Waals surface area contributed by atoms with Gasteiger partial charge in [-0.15, -0.1) is 0 Å². The van der Waals surface area contributed by atoms with E-state index in [-0.39, 0.29) is 22.7 Å². The van der Waals surface area contributed by atoms with Gasteiger partial charge < -0.3 is 11.1 Å². The SMILES string of the molecule is CC(CNC(=O)c1cncc(N)n1)S(C)=O. The highest BCUT2D eigenvalue weighted by Gasteiger charge is 2.11. The number of aromatic nitrogens is 2. The van der Waals surface area contributed by atoms with E-state index < -0.39 is 10.8 Å². The lowest BCUT2D eigenvalue weighted by atomic mass is 10.4. The van der Waals surface area contributed by atoms with Gasteiger partial charge in [-0.25, -0.2) is 4.98 Å². The first-order valence-electron chi connectivity index (χ1n) is 4.68. The van der Waals surface area contributed by atoms with Crippen LogP contribution in [0, 0.1) is 0 Å². The maximum atomic E-state index is 11.6. The van der Waals surface area contributed by atoms with Gasteiger partial charge in [-0.2, -0.15) is 0 Å². The average molecular weight is 242 g/mol. The molecule has 88 valence electrons. The zero-order chi connectivity index (χ0) is 12.1. The van der Waals surface area contributed by atoms with Crippen LogP contribution in [0.4, 0.5) is 5.82 Å². The highest BCUT2D eigenvalue weighted by Crippen LogP contribution is 1.97. The second-order valence-corrected chi connectivity index (χ2v) is 5.15. The van der Waals surface area contributed by atoms with Gasteiger partial charge in [0, 0.05) is 28.9 Å². The molecule has 0 aliphatic rings. The zero-order valence-corrected chi connectivity index (χ0v) is 9.95. The number of carbonyl (C=O) groups excluding carboxylic acids is 1. The van der Waals surface area contributed by atoms with E-state index in [1.165, 1.54) is 12.4 Å². The molecule has 0 saturated heterocycles. The van der Waals surface area contributed by atoms with Gasteiger partial charge in [0.25, 0.3) is 5.91 Å². The maximum absolute atomic E-state index is 11.6. The summed E-state index contributed by atoms with van der Waals surface area (Å²) >= 11 is 0. The molecule has 1 aromatic rings. The van der Waals surface area contributed by atoms with Crippen LogP contribution in [0.1, 0.15) is 17.4 Å². The summed E-state index contributed by atoms with van der Waals surface area (Å²) in [6.07, 6.45) is 4.29. The number of carbonyl (C=O) groups is 1. The largest absolute Gasteiger partial charge is 0.382 e. The Morgan fingerprint density at radius 1 is 1.62 bits per heavy atom. The predicted molar refractivity (Wildman–Crippen MR) is 62.3 cm³/mol. The summed E-state index contributed by atoms with van der Waals surface area (Å²) in [6.45, 7) is 2.12. The second-order valence-electron chi connectivity index (χ2n) is 3.35. The van der Waals surface area contributed by atoms with Crippen LogP contribution in [0.2, 0.25) is 0 Å². The third kappa shape index (κ3) is 3.58. The first kappa shape index (κ1) is 12.6. The van der Waals surface area contributed by atoms with Crippen LogP contribution < -0.4 is 11.1 Å². The topological polar surface area (TPSA) is 98.0 Å². The first-order chi connectivity index (χ1) is 7.50. The lowest BCUT2D eigenvalue weighted by Crippen LogP contribution is -2.33. The van der Waals surface area contributed by atoms with Crippen molar-refractivity contribution in [2.75, 3.05) is 18.5 Å². The van der Waals surface area contributed by atoms with E-state index in [9.17, 15) is 9.00 Å². The van der Waals surface area contributed by atoms with Crippen molar-refractivity contribution in [3.63, 3.8) is 0 Å². The van der Waals surface area contributed by atoms with Crippen molar-refractivity contribution in [1.82, 2.24) is 15.3 Å². The lowest BCUT2D eigenvalue weighted by molar-refractivity contribution is 0.0949. The fourth-order valence-corrected chi connectivity index (χ4v) is 1.25. The minimum Gasteiger partial charge on any atom is -0.382 e. The number of rotatable bonds is 4. The van der Waals surface area contributed by atoms with E-state index in [1.807, 2.05) is 0 Å². The summed E-state index contributed by atoms with van der Waals surface area (Å²) < 4.78 is 11.1. The molecular formula is C9H14N4O2S. The van der Waals surface area contributed by atoms with Crippen molar-refractivity contribution >= 4 is 22.5 Å². The Morgan fingerprint density at radius 2 is 2.31 bits per heavy atom. The minimum absolute atomic E-state index is 0.0991. The maximum Gasteiger partial charge on any atom is 0.271 e. The van der Waals surface area contributed by atoms with Crippen molar-refractivity contribution in [1.29, 1.82) is 0 Å². The molecule has 1 amide bonds. The Morgan fingerprint density at radius 3 is 2.88 bits per heavy atom. The molecule has 0 saturated carbocycles. The van der Waals surface area contributed by atoms with E-state index >= 15 is 0 Å². The van der Waals surface area contributed by atoms with Crippen LogP contribution in [0.25, 0.3) is 0 Å². The summed E-state index contributed by atoms with van der Waals surface area (Å²) in [5.41, 5.74) is 5.56. The fraction of sp³-hybridized carbons (Fsp3) is 0.444. The van der Waals surface area contributed by atoms with E-state index in [2.05, 4.69) is 15.3 Å². The molecule has 0 spiro atoms. The molecule has 0 bridgehead atoms. The first-order valence-corrected chi connectivity index (χ1v) is 6.30. The Bertz CT molecular complexity index is 410. The molecule has 2 unspecified atom stereocenters. The molecule has 1 heterocycles. The van der Waals surface area contributed by atoms with Crippen LogP contribution in [0.5, 0.6) is 0 Å². The summed E-state index contributed by atoms with van der Waals surface area (Å²) in [4.78, 5) is 19.1. The van der Waals surface area contributed by atoms with Gasteiger partial charge in [-0.05, 0) is 6.92 Å². The molecule has 16 heavy (non-hydrogen) atoms. The van der Waals surface area contributed by atoms with Crippen molar-refractivity contribution in [2.24, 2.45) is 0 Å². The van der Waals surface area contributed by atoms with E-state index in [4.69, 9.17) is 5.73 Å². The molecule has 0 aromatic carbocycles. The Balaban J connectivity index is 2.56. The molecular weight excluding hydrogens is 228 g/mol. The quantitative estimate of drug-likeness (QED) is 0.745. The van der Waals surface area contributed by atoms with Crippen molar-refractivity contribution < 1.29 is 9.00 Å².